The van der Waals surface area contributed by atoms with Crippen LogP contribution in [-0.2, 0) is 9.59 Å². The largest absolute Gasteiger partial charge is 0.550 e. The van der Waals surface area contributed by atoms with E-state index in [1.807, 2.05) is 32.0 Å². The summed E-state index contributed by atoms with van der Waals surface area (Å²) >= 11 is 0. The summed E-state index contributed by atoms with van der Waals surface area (Å²) in [6.07, 6.45) is -0.528. The number of benzene rings is 2. The van der Waals surface area contributed by atoms with E-state index in [1.54, 1.807) is 18.2 Å². The van der Waals surface area contributed by atoms with Crippen LogP contribution in [0.3, 0.4) is 0 Å². The number of rotatable bonds is 6. The van der Waals surface area contributed by atoms with Crippen LogP contribution >= 0.6 is 0 Å². The molecule has 2 aromatic rings. The molecule has 0 aliphatic rings. The second kappa shape index (κ2) is 8.10. The Morgan fingerprint density at radius 2 is 1.60 bits per heavy atom. The van der Waals surface area contributed by atoms with Crippen LogP contribution in [0.2, 0.25) is 0 Å². The summed E-state index contributed by atoms with van der Waals surface area (Å²) in [6.45, 7) is 3.96. The van der Waals surface area contributed by atoms with Crippen molar-refractivity contribution in [1.29, 1.82) is 0 Å². The van der Waals surface area contributed by atoms with Crippen molar-refractivity contribution in [3.05, 3.63) is 59.2 Å². The summed E-state index contributed by atoms with van der Waals surface area (Å²) in [5.41, 5.74) is 3.72. The van der Waals surface area contributed by atoms with E-state index in [0.717, 1.165) is 11.1 Å². The molecule has 0 spiro atoms. The van der Waals surface area contributed by atoms with Crippen molar-refractivity contribution in [3.63, 3.8) is 0 Å². The third kappa shape index (κ3) is 5.46. The molecule has 0 saturated carbocycles. The van der Waals surface area contributed by atoms with Crippen molar-refractivity contribution >= 4 is 29.2 Å². The van der Waals surface area contributed by atoms with Gasteiger partial charge in [-0.05, 0) is 61.7 Å². The van der Waals surface area contributed by atoms with Gasteiger partial charge in [0, 0.05) is 29.3 Å². The van der Waals surface area contributed by atoms with Crippen LogP contribution in [0.25, 0.3) is 0 Å². The molecule has 0 heterocycles. The van der Waals surface area contributed by atoms with Gasteiger partial charge in [-0.3, -0.25) is 9.59 Å². The summed E-state index contributed by atoms with van der Waals surface area (Å²) in [5, 5.41) is 15.7. The van der Waals surface area contributed by atoms with Gasteiger partial charge in [0.15, 0.2) is 0 Å². The predicted octanol–water partition coefficient (Wildman–Crippen LogP) is 2.02. The van der Waals surface area contributed by atoms with Gasteiger partial charge < -0.3 is 20.5 Å². The van der Waals surface area contributed by atoms with Crippen LogP contribution < -0.4 is 15.7 Å². The van der Waals surface area contributed by atoms with E-state index >= 15 is 0 Å². The fourth-order valence-electron chi connectivity index (χ4n) is 2.20. The first-order chi connectivity index (χ1) is 11.8. The predicted molar refractivity (Wildman–Crippen MR) is 93.2 cm³/mol. The Morgan fingerprint density at radius 1 is 0.880 bits per heavy atom. The zero-order valence-electron chi connectivity index (χ0n) is 14.1. The van der Waals surface area contributed by atoms with E-state index in [2.05, 4.69) is 10.6 Å². The normalized spacial score (nSPS) is 10.2. The van der Waals surface area contributed by atoms with Crippen LogP contribution in [0.1, 0.15) is 34.3 Å². The number of aliphatic carboxylic acids is 1. The van der Waals surface area contributed by atoms with Gasteiger partial charge >= 0.3 is 0 Å². The lowest BCUT2D eigenvalue weighted by atomic mass is 10.1. The highest BCUT2D eigenvalue weighted by Gasteiger charge is 2.09. The maximum absolute atomic E-state index is 12.4. The average molecular weight is 339 g/mol. The standard InChI is InChI=1S/C19H20N2O4/c1-12-6-7-16(10-13(12)2)21-19(25)14-4-3-5-15(11-14)20-17(22)8-9-18(23)24/h3-7,10-11H,8-9H2,1-2H3,(H,20,22)(H,21,25)(H,23,24)/p-1. The molecular weight excluding hydrogens is 320 g/mol. The van der Waals surface area contributed by atoms with E-state index in [-0.39, 0.29) is 18.7 Å². The molecule has 0 bridgehead atoms. The molecular formula is C19H19N2O4-. The molecule has 2 rings (SSSR count). The SMILES string of the molecule is Cc1ccc(NC(=O)c2cccc(NC(=O)CCC(=O)[O-])c2)cc1C. The maximum atomic E-state index is 12.4. The van der Waals surface area contributed by atoms with Crippen LogP contribution in [0.4, 0.5) is 11.4 Å². The summed E-state index contributed by atoms with van der Waals surface area (Å²) < 4.78 is 0. The smallest absolute Gasteiger partial charge is 0.255 e. The van der Waals surface area contributed by atoms with Gasteiger partial charge in [0.05, 0.1) is 0 Å². The number of carbonyl (C=O) groups is 3. The Morgan fingerprint density at radius 3 is 2.28 bits per heavy atom. The number of anilines is 2. The van der Waals surface area contributed by atoms with Gasteiger partial charge in [-0.2, -0.15) is 0 Å². The van der Waals surface area contributed by atoms with E-state index in [9.17, 15) is 19.5 Å². The van der Waals surface area contributed by atoms with Crippen LogP contribution in [0, 0.1) is 13.8 Å². The highest BCUT2D eigenvalue weighted by molar-refractivity contribution is 6.05. The molecule has 0 fully saturated rings. The van der Waals surface area contributed by atoms with Gasteiger partial charge in [-0.15, -0.1) is 0 Å². The number of carboxylic acid groups (broad SMARTS) is 1. The molecule has 0 saturated heterocycles. The first-order valence-electron chi connectivity index (χ1n) is 7.83. The lowest BCUT2D eigenvalue weighted by Crippen LogP contribution is -2.24. The summed E-state index contributed by atoms with van der Waals surface area (Å²) in [7, 11) is 0. The summed E-state index contributed by atoms with van der Waals surface area (Å²) in [5.74, 6) is -2.03. The van der Waals surface area contributed by atoms with Crippen molar-refractivity contribution in [2.45, 2.75) is 26.7 Å². The minimum Gasteiger partial charge on any atom is -0.550 e. The monoisotopic (exact) mass is 339 g/mol. The molecule has 0 aromatic heterocycles. The molecule has 0 radical (unpaired) electrons. The Bertz CT molecular complexity index is 815. The van der Waals surface area contributed by atoms with Crippen molar-refractivity contribution in [2.24, 2.45) is 0 Å². The Kier molecular flexibility index (Phi) is 5.89. The topological polar surface area (TPSA) is 98.3 Å². The van der Waals surface area contributed by atoms with Crippen LogP contribution in [-0.4, -0.2) is 17.8 Å². The van der Waals surface area contributed by atoms with Gasteiger partial charge in [0.25, 0.3) is 5.91 Å². The lowest BCUT2D eigenvalue weighted by molar-refractivity contribution is -0.305. The zero-order chi connectivity index (χ0) is 18.4. The molecule has 2 aromatic carbocycles. The summed E-state index contributed by atoms with van der Waals surface area (Å²) in [4.78, 5) is 34.4. The van der Waals surface area contributed by atoms with Crippen molar-refractivity contribution in [3.8, 4) is 0 Å². The third-order valence-electron chi connectivity index (χ3n) is 3.73. The molecule has 0 atom stereocenters. The number of amides is 2. The minimum atomic E-state index is -1.28. The van der Waals surface area contributed by atoms with Crippen molar-refractivity contribution in [1.82, 2.24) is 0 Å². The fraction of sp³-hybridized carbons (Fsp3) is 0.211. The quantitative estimate of drug-likeness (QED) is 0.841. The molecule has 130 valence electrons. The molecule has 6 nitrogen and oxygen atoms in total. The molecule has 0 aliphatic carbocycles. The van der Waals surface area contributed by atoms with Gasteiger partial charge in [-0.25, -0.2) is 0 Å². The van der Waals surface area contributed by atoms with E-state index in [4.69, 9.17) is 0 Å². The highest BCUT2D eigenvalue weighted by Crippen LogP contribution is 2.17. The molecule has 25 heavy (non-hydrogen) atoms. The van der Waals surface area contributed by atoms with E-state index < -0.39 is 11.9 Å². The zero-order valence-corrected chi connectivity index (χ0v) is 14.1. The highest BCUT2D eigenvalue weighted by atomic mass is 16.4. The van der Waals surface area contributed by atoms with E-state index in [1.165, 1.54) is 6.07 Å². The average Bonchev–Trinajstić information content (AvgIpc) is 2.56. The van der Waals surface area contributed by atoms with Crippen molar-refractivity contribution in [2.75, 3.05) is 10.6 Å². The molecule has 2 amide bonds. The van der Waals surface area contributed by atoms with Crippen LogP contribution in [0.5, 0.6) is 0 Å². The molecule has 0 unspecified atom stereocenters. The minimum absolute atomic E-state index is 0.179. The number of carbonyl (C=O) groups excluding carboxylic acids is 3. The Hall–Kier alpha value is -3.15. The first-order valence-corrected chi connectivity index (χ1v) is 7.83. The Labute approximate surface area is 145 Å². The number of carboxylic acids is 1. The number of hydrogen-bond acceptors (Lipinski definition) is 4. The number of hydrogen-bond donors (Lipinski definition) is 2. The first kappa shape index (κ1) is 18.2. The van der Waals surface area contributed by atoms with Gasteiger partial charge in [0.1, 0.15) is 0 Å². The van der Waals surface area contributed by atoms with Crippen molar-refractivity contribution < 1.29 is 19.5 Å². The number of nitrogens with one attached hydrogen (secondary N) is 2. The fourth-order valence-corrected chi connectivity index (χ4v) is 2.20. The lowest BCUT2D eigenvalue weighted by Gasteiger charge is -2.10. The second-order valence-electron chi connectivity index (χ2n) is 5.75. The van der Waals surface area contributed by atoms with Gasteiger partial charge in [-0.1, -0.05) is 12.1 Å². The molecule has 2 N–H and O–H groups in total. The second-order valence-corrected chi connectivity index (χ2v) is 5.75. The van der Waals surface area contributed by atoms with E-state index in [0.29, 0.717) is 16.9 Å². The molecule has 6 heteroatoms. The maximum Gasteiger partial charge on any atom is 0.255 e. The number of aryl methyl sites for hydroxylation is 2. The summed E-state index contributed by atoms with van der Waals surface area (Å²) in [6, 6.07) is 12.1. The Balaban J connectivity index is 2.04. The third-order valence-corrected chi connectivity index (χ3v) is 3.73. The molecule has 0 aliphatic heterocycles. The van der Waals surface area contributed by atoms with Gasteiger partial charge in [0.2, 0.25) is 5.91 Å². The van der Waals surface area contributed by atoms with Crippen LogP contribution in [0.15, 0.2) is 42.5 Å².